The second-order valence-corrected chi connectivity index (χ2v) is 10.6. The second-order valence-electron chi connectivity index (χ2n) is 8.89. The first-order valence-corrected chi connectivity index (χ1v) is 13.5. The molecule has 0 unspecified atom stereocenters. The first-order chi connectivity index (χ1) is 19.0. The fraction of sp³-hybridized carbons (Fsp3) is 0.185. The lowest BCUT2D eigenvalue weighted by molar-refractivity contribution is -0.384. The zero-order chi connectivity index (χ0) is 29.0. The second kappa shape index (κ2) is 11.5. The van der Waals surface area contributed by atoms with Gasteiger partial charge in [-0.05, 0) is 68.7 Å². The molecule has 0 spiro atoms. The van der Waals surface area contributed by atoms with E-state index in [4.69, 9.17) is 9.15 Å². The Balaban J connectivity index is 1.48. The van der Waals surface area contributed by atoms with Gasteiger partial charge in [-0.3, -0.25) is 20.3 Å². The van der Waals surface area contributed by atoms with E-state index in [0.29, 0.717) is 40.8 Å². The minimum Gasteiger partial charge on any atom is -0.495 e. The summed E-state index contributed by atoms with van der Waals surface area (Å²) in [4.78, 5) is 22.1. The number of carboxylic acids is 1. The predicted octanol–water partition coefficient (Wildman–Crippen LogP) is 5.58. The summed E-state index contributed by atoms with van der Waals surface area (Å²) in [5, 5.41) is 25.9. The average molecular weight is 567 g/mol. The normalized spacial score (nSPS) is 11.8. The van der Waals surface area contributed by atoms with Gasteiger partial charge >= 0.3 is 5.97 Å². The van der Waals surface area contributed by atoms with Crippen molar-refractivity contribution in [3.05, 3.63) is 87.7 Å². The number of hydrogen-bond acceptors (Lipinski definition) is 9. The lowest BCUT2D eigenvalue weighted by Crippen LogP contribution is -2.14. The van der Waals surface area contributed by atoms with E-state index in [0.717, 1.165) is 11.6 Å². The summed E-state index contributed by atoms with van der Waals surface area (Å²) < 4.78 is 38.8. The van der Waals surface area contributed by atoms with Crippen molar-refractivity contribution in [3.8, 4) is 5.75 Å². The lowest BCUT2D eigenvalue weighted by atomic mass is 10.0. The van der Waals surface area contributed by atoms with Crippen LogP contribution in [0, 0.1) is 17.0 Å². The van der Waals surface area contributed by atoms with Gasteiger partial charge in [-0.25, -0.2) is 13.2 Å². The number of carbonyl (C=O) groups is 1. The molecule has 3 aromatic carbocycles. The third-order valence-electron chi connectivity index (χ3n) is 6.17. The van der Waals surface area contributed by atoms with Gasteiger partial charge in [0.15, 0.2) is 0 Å². The van der Waals surface area contributed by atoms with Gasteiger partial charge in [0, 0.05) is 22.7 Å². The number of nitrogens with zero attached hydrogens (tertiary/aromatic N) is 2. The number of hydrogen-bond donors (Lipinski definition) is 3. The Labute approximate surface area is 229 Å². The van der Waals surface area contributed by atoms with E-state index >= 15 is 0 Å². The molecule has 0 aliphatic carbocycles. The Bertz CT molecular complexity index is 1740. The van der Waals surface area contributed by atoms with Crippen molar-refractivity contribution in [2.75, 3.05) is 17.3 Å². The van der Waals surface area contributed by atoms with Gasteiger partial charge in [0.2, 0.25) is 5.76 Å². The number of nitro benzene ring substituents is 1. The molecule has 1 aromatic heterocycles. The summed E-state index contributed by atoms with van der Waals surface area (Å²) in [5.74, 6) is -0.921. The van der Waals surface area contributed by atoms with Crippen molar-refractivity contribution < 1.29 is 32.4 Å². The molecule has 208 valence electrons. The number of carboxylic acid groups (broad SMARTS) is 1. The van der Waals surface area contributed by atoms with Gasteiger partial charge in [0.1, 0.15) is 17.0 Å². The van der Waals surface area contributed by atoms with Crippen LogP contribution in [-0.2, 0) is 16.4 Å². The van der Waals surface area contributed by atoms with Gasteiger partial charge in [-0.15, -0.1) is 0 Å². The quantitative estimate of drug-likeness (QED) is 0.119. The Kier molecular flexibility index (Phi) is 8.05. The molecule has 13 heteroatoms. The van der Waals surface area contributed by atoms with Gasteiger partial charge < -0.3 is 14.3 Å². The maximum atomic E-state index is 12.9. The van der Waals surface area contributed by atoms with E-state index < -0.39 is 26.6 Å². The minimum atomic E-state index is -4.15. The molecule has 0 atom stereocenters. The molecule has 0 radical (unpaired) electrons. The molecule has 0 fully saturated rings. The summed E-state index contributed by atoms with van der Waals surface area (Å²) in [6, 6.07) is 15.3. The van der Waals surface area contributed by atoms with Crippen molar-refractivity contribution in [1.29, 1.82) is 0 Å². The zero-order valence-electron chi connectivity index (χ0n) is 21.8. The van der Waals surface area contributed by atoms with Crippen LogP contribution < -0.4 is 14.9 Å². The molecular weight excluding hydrogens is 540 g/mol. The number of anilines is 2. The smallest absolute Gasteiger partial charge is 0.372 e. The number of rotatable bonds is 11. The molecule has 1 heterocycles. The van der Waals surface area contributed by atoms with Crippen molar-refractivity contribution in [2.24, 2.45) is 5.10 Å². The number of nitro groups is 1. The van der Waals surface area contributed by atoms with Crippen molar-refractivity contribution in [1.82, 2.24) is 0 Å². The molecule has 4 aromatic rings. The molecule has 40 heavy (non-hydrogen) atoms. The number of nitrogens with one attached hydrogen (secondary N) is 2. The number of benzene rings is 3. The van der Waals surface area contributed by atoms with E-state index in [2.05, 4.69) is 15.2 Å². The first kappa shape index (κ1) is 28.1. The summed E-state index contributed by atoms with van der Waals surface area (Å²) in [5.41, 5.74) is 5.03. The molecule has 0 aliphatic rings. The predicted molar refractivity (Wildman–Crippen MR) is 150 cm³/mol. The SMILES string of the molecule is COc1ccccc1NS(=O)(=O)c1ccc(N/N=C(\C)CCc2ccc3oc(C(=O)O)c(C)c3c2)c([N+](=O)[O-])c1. The largest absolute Gasteiger partial charge is 0.495 e. The van der Waals surface area contributed by atoms with Crippen LogP contribution in [0.3, 0.4) is 0 Å². The topological polar surface area (TPSA) is 173 Å². The Morgan fingerprint density at radius 3 is 2.58 bits per heavy atom. The van der Waals surface area contributed by atoms with Crippen LogP contribution in [0.1, 0.15) is 35.0 Å². The molecule has 12 nitrogen and oxygen atoms in total. The van der Waals surface area contributed by atoms with Crippen LogP contribution in [0.15, 0.2) is 75.1 Å². The highest BCUT2D eigenvalue weighted by Crippen LogP contribution is 2.31. The number of fused-ring (bicyclic) bond motifs is 1. The highest BCUT2D eigenvalue weighted by atomic mass is 32.2. The number of para-hydroxylation sites is 2. The number of hydrazone groups is 1. The number of methoxy groups -OCH3 is 1. The van der Waals surface area contributed by atoms with E-state index in [1.165, 1.54) is 25.3 Å². The lowest BCUT2D eigenvalue weighted by Gasteiger charge is -2.12. The molecule has 0 aliphatic heterocycles. The van der Waals surface area contributed by atoms with Crippen molar-refractivity contribution in [3.63, 3.8) is 0 Å². The Morgan fingerprint density at radius 1 is 1.12 bits per heavy atom. The molecule has 0 saturated carbocycles. The summed E-state index contributed by atoms with van der Waals surface area (Å²) >= 11 is 0. The molecule has 3 N–H and O–H groups in total. The standard InChI is InChI=1S/C27H26N4O8S/c1-16(8-9-18-10-13-24-20(14-18)17(2)26(39-24)27(32)33)28-29-21-12-11-19(15-23(21)31(34)35)40(36,37)30-22-6-4-5-7-25(22)38-3/h4-7,10-15,29-30H,8-9H2,1-3H3,(H,32,33)/b28-16+. The van der Waals surface area contributed by atoms with Crippen LogP contribution in [-0.4, -0.2) is 37.2 Å². The number of furan rings is 1. The van der Waals surface area contributed by atoms with Gasteiger partial charge in [-0.2, -0.15) is 5.10 Å². The molecule has 4 rings (SSSR count). The number of ether oxygens (including phenoxy) is 1. The summed E-state index contributed by atoms with van der Waals surface area (Å²) in [7, 11) is -2.75. The molecular formula is C27H26N4O8S. The maximum absolute atomic E-state index is 12.9. The number of aryl methyl sites for hydroxylation is 2. The van der Waals surface area contributed by atoms with E-state index in [-0.39, 0.29) is 22.0 Å². The van der Waals surface area contributed by atoms with Gasteiger partial charge in [0.05, 0.1) is 22.6 Å². The highest BCUT2D eigenvalue weighted by Gasteiger charge is 2.23. The molecule has 0 bridgehead atoms. The summed E-state index contributed by atoms with van der Waals surface area (Å²) in [6.45, 7) is 3.44. The Hall–Kier alpha value is -4.91. The minimum absolute atomic E-state index is 0.0252. The molecule has 0 amide bonds. The van der Waals surface area contributed by atoms with Gasteiger partial charge in [0.25, 0.3) is 15.7 Å². The number of sulfonamides is 1. The summed E-state index contributed by atoms with van der Waals surface area (Å²) in [6.07, 6.45) is 1.08. The average Bonchev–Trinajstić information content (AvgIpc) is 3.26. The van der Waals surface area contributed by atoms with Crippen molar-refractivity contribution >= 4 is 49.7 Å². The van der Waals surface area contributed by atoms with E-state index in [1.54, 1.807) is 38.1 Å². The Morgan fingerprint density at radius 2 is 1.88 bits per heavy atom. The molecule has 0 saturated heterocycles. The number of aromatic carboxylic acids is 1. The van der Waals surface area contributed by atoms with Crippen LogP contribution >= 0.6 is 0 Å². The van der Waals surface area contributed by atoms with Crippen LogP contribution in [0.5, 0.6) is 5.75 Å². The van der Waals surface area contributed by atoms with Crippen LogP contribution in [0.4, 0.5) is 17.1 Å². The third kappa shape index (κ3) is 6.04. The van der Waals surface area contributed by atoms with Crippen molar-refractivity contribution in [2.45, 2.75) is 31.6 Å². The van der Waals surface area contributed by atoms with E-state index in [9.17, 15) is 28.4 Å². The maximum Gasteiger partial charge on any atom is 0.372 e. The van der Waals surface area contributed by atoms with Crippen LogP contribution in [0.2, 0.25) is 0 Å². The third-order valence-corrected chi connectivity index (χ3v) is 7.53. The van der Waals surface area contributed by atoms with Gasteiger partial charge in [-0.1, -0.05) is 18.2 Å². The fourth-order valence-electron chi connectivity index (χ4n) is 4.02. The first-order valence-electron chi connectivity index (χ1n) is 12.0. The monoisotopic (exact) mass is 566 g/mol. The van der Waals surface area contributed by atoms with E-state index in [1.807, 2.05) is 12.1 Å². The fourth-order valence-corrected chi connectivity index (χ4v) is 5.11. The van der Waals surface area contributed by atoms with Crippen LogP contribution in [0.25, 0.3) is 11.0 Å². The highest BCUT2D eigenvalue weighted by molar-refractivity contribution is 7.92. The zero-order valence-corrected chi connectivity index (χ0v) is 22.6.